The van der Waals surface area contributed by atoms with Crippen molar-refractivity contribution in [3.63, 3.8) is 0 Å². The van der Waals surface area contributed by atoms with Gasteiger partial charge in [0.2, 0.25) is 11.8 Å². The van der Waals surface area contributed by atoms with E-state index in [0.29, 0.717) is 13.1 Å². The molecule has 0 atom stereocenters. The second-order valence-corrected chi connectivity index (χ2v) is 16.5. The van der Waals surface area contributed by atoms with Crippen LogP contribution in [-0.2, 0) is 48.4 Å². The summed E-state index contributed by atoms with van der Waals surface area (Å²) in [6.45, 7) is 12.4. The fraction of sp³-hybridized carbons (Fsp3) is 0.138. The monoisotopic (exact) mass is 808 g/mol. The fourth-order valence-electron chi connectivity index (χ4n) is 8.37. The molecule has 0 radical (unpaired) electrons. The third kappa shape index (κ3) is 10.2. The first-order valence-electron chi connectivity index (χ1n) is 21.4. The normalized spacial score (nSPS) is 11.1. The van der Waals surface area contributed by atoms with Crippen LogP contribution in [0.15, 0.2) is 183 Å². The fourth-order valence-corrected chi connectivity index (χ4v) is 8.37. The van der Waals surface area contributed by atoms with Crippen molar-refractivity contribution in [1.82, 2.24) is 10.6 Å². The van der Waals surface area contributed by atoms with Crippen LogP contribution in [0, 0.1) is 13.8 Å². The highest BCUT2D eigenvalue weighted by Crippen LogP contribution is 2.39. The molecule has 0 unspecified atom stereocenters. The number of hydrogen-bond donors (Lipinski definition) is 2. The van der Waals surface area contributed by atoms with Crippen molar-refractivity contribution in [3.8, 4) is 11.1 Å². The summed E-state index contributed by atoms with van der Waals surface area (Å²) >= 11 is 0. The maximum absolute atomic E-state index is 11.6. The van der Waals surface area contributed by atoms with E-state index < -0.39 is 0 Å². The molecule has 62 heavy (non-hydrogen) atoms. The van der Waals surface area contributed by atoms with Gasteiger partial charge in [0.1, 0.15) is 0 Å². The summed E-state index contributed by atoms with van der Waals surface area (Å²) in [6, 6.07) is 58.1. The second kappa shape index (κ2) is 19.0. The van der Waals surface area contributed by atoms with Gasteiger partial charge in [-0.05, 0) is 140 Å². The summed E-state index contributed by atoms with van der Waals surface area (Å²) in [5.41, 5.74) is 17.4. The van der Waals surface area contributed by atoms with Crippen molar-refractivity contribution in [2.24, 2.45) is 0 Å². The molecule has 2 N–H and O–H groups in total. The lowest BCUT2D eigenvalue weighted by Gasteiger charge is -2.18. The average molecular weight is 809 g/mol. The van der Waals surface area contributed by atoms with Crippen LogP contribution in [-0.4, -0.2) is 11.8 Å². The van der Waals surface area contributed by atoms with E-state index in [1.54, 1.807) is 0 Å². The van der Waals surface area contributed by atoms with Crippen LogP contribution in [0.5, 0.6) is 0 Å². The topological polar surface area (TPSA) is 58.2 Å². The molecule has 0 aromatic heterocycles. The zero-order valence-corrected chi connectivity index (χ0v) is 35.6. The van der Waals surface area contributed by atoms with Gasteiger partial charge >= 0.3 is 0 Å². The van der Waals surface area contributed by atoms with Crippen molar-refractivity contribution in [1.29, 1.82) is 0 Å². The third-order valence-electron chi connectivity index (χ3n) is 11.7. The Labute approximate surface area is 365 Å². The molecule has 8 aromatic carbocycles. The zero-order chi connectivity index (χ0) is 43.0. The van der Waals surface area contributed by atoms with E-state index >= 15 is 0 Å². The minimum Gasteiger partial charge on any atom is -0.348 e. The molecule has 8 rings (SSSR count). The van der Waals surface area contributed by atoms with Gasteiger partial charge in [0, 0.05) is 13.1 Å². The molecule has 0 bridgehead atoms. The Morgan fingerprint density at radius 2 is 0.823 bits per heavy atom. The Morgan fingerprint density at radius 3 is 1.29 bits per heavy atom. The molecule has 4 nitrogen and oxygen atoms in total. The smallest absolute Gasteiger partial charge is 0.243 e. The predicted molar refractivity (Wildman–Crippen MR) is 257 cm³/mol. The minimum absolute atomic E-state index is 0.165. The van der Waals surface area contributed by atoms with Crippen LogP contribution in [0.1, 0.15) is 66.8 Å². The average Bonchev–Trinajstić information content (AvgIpc) is 3.29. The van der Waals surface area contributed by atoms with Gasteiger partial charge in [-0.1, -0.05) is 182 Å². The van der Waals surface area contributed by atoms with E-state index in [9.17, 15) is 9.59 Å². The van der Waals surface area contributed by atoms with Crippen LogP contribution < -0.4 is 10.6 Å². The molecule has 0 heterocycles. The minimum atomic E-state index is -0.166. The van der Waals surface area contributed by atoms with E-state index in [2.05, 4.69) is 195 Å². The van der Waals surface area contributed by atoms with E-state index in [4.69, 9.17) is 0 Å². The van der Waals surface area contributed by atoms with Crippen LogP contribution in [0.4, 0.5) is 0 Å². The molecule has 2 amide bonds. The Balaban J connectivity index is 1.05. The van der Waals surface area contributed by atoms with Gasteiger partial charge in [-0.15, -0.1) is 0 Å². The first-order valence-corrected chi connectivity index (χ1v) is 21.4. The Hall–Kier alpha value is -7.30. The molecule has 0 saturated carbocycles. The lowest BCUT2D eigenvalue weighted by atomic mass is 9.85. The largest absolute Gasteiger partial charge is 0.348 e. The number of aryl methyl sites for hydroxylation is 2. The Kier molecular flexibility index (Phi) is 12.7. The van der Waals surface area contributed by atoms with Gasteiger partial charge in [-0.2, -0.15) is 0 Å². The number of hydrogen-bond acceptors (Lipinski definition) is 2. The molecule has 8 aromatic rings. The summed E-state index contributed by atoms with van der Waals surface area (Å²) in [6.07, 6.45) is 5.93. The van der Waals surface area contributed by atoms with Crippen molar-refractivity contribution in [2.75, 3.05) is 0 Å². The molecule has 0 aliphatic heterocycles. The molecule has 306 valence electrons. The van der Waals surface area contributed by atoms with E-state index in [-0.39, 0.29) is 11.8 Å². The standard InChI is InChI=1S/C58H52N2O2/c1-5-56(61)59-37-47-21-17-43(18-22-47)31-41-9-11-45(12-10-41)33-49-35-52-30-40(4)7-27-53(52)55(36-49)58-51(26-25-50-29-39(3)8-28-54(50)58)34-46-15-13-42(14-16-46)32-44-19-23-48(24-20-44)38-60-57(62)6-2/h5-30,35-36H,1-2,31-34,37-38H2,3-4H3,(H,59,61)(H,60,62). The highest BCUT2D eigenvalue weighted by molar-refractivity contribution is 6.07. The lowest BCUT2D eigenvalue weighted by molar-refractivity contribution is -0.117. The van der Waals surface area contributed by atoms with Gasteiger partial charge in [0.25, 0.3) is 0 Å². The Bertz CT molecular complexity index is 2910. The lowest BCUT2D eigenvalue weighted by Crippen LogP contribution is -2.19. The van der Waals surface area contributed by atoms with Crippen molar-refractivity contribution in [2.45, 2.75) is 52.6 Å². The van der Waals surface area contributed by atoms with Gasteiger partial charge in [0.15, 0.2) is 0 Å². The number of rotatable bonds is 15. The van der Waals surface area contributed by atoms with Gasteiger partial charge in [-0.25, -0.2) is 0 Å². The molecule has 0 fully saturated rings. The number of benzene rings is 8. The summed E-state index contributed by atoms with van der Waals surface area (Å²) in [4.78, 5) is 23.1. The third-order valence-corrected chi connectivity index (χ3v) is 11.7. The molecular formula is C58H52N2O2. The summed E-state index contributed by atoms with van der Waals surface area (Å²) in [7, 11) is 0. The second-order valence-electron chi connectivity index (χ2n) is 16.5. The summed E-state index contributed by atoms with van der Waals surface area (Å²) in [5, 5.41) is 10.7. The number of nitrogens with one attached hydrogen (secondary N) is 2. The predicted octanol–water partition coefficient (Wildman–Crippen LogP) is 12.2. The van der Waals surface area contributed by atoms with Gasteiger partial charge in [0.05, 0.1) is 0 Å². The molecule has 0 spiro atoms. The first-order chi connectivity index (χ1) is 30.2. The zero-order valence-electron chi connectivity index (χ0n) is 35.6. The van der Waals surface area contributed by atoms with Crippen molar-refractivity contribution >= 4 is 33.4 Å². The highest BCUT2D eigenvalue weighted by Gasteiger charge is 2.16. The molecule has 0 aliphatic carbocycles. The van der Waals surface area contributed by atoms with E-state index in [0.717, 1.165) is 36.8 Å². The molecule has 0 aliphatic rings. The van der Waals surface area contributed by atoms with Gasteiger partial charge < -0.3 is 10.6 Å². The van der Waals surface area contributed by atoms with Crippen LogP contribution in [0.25, 0.3) is 32.7 Å². The molecular weight excluding hydrogens is 757 g/mol. The van der Waals surface area contributed by atoms with Crippen LogP contribution in [0.3, 0.4) is 0 Å². The Morgan fingerprint density at radius 1 is 0.419 bits per heavy atom. The maximum atomic E-state index is 11.6. The number of fused-ring (bicyclic) bond motifs is 2. The summed E-state index contributed by atoms with van der Waals surface area (Å²) in [5.74, 6) is -0.331. The number of carbonyl (C=O) groups is 2. The quantitative estimate of drug-likeness (QED) is 0.101. The van der Waals surface area contributed by atoms with Gasteiger partial charge in [-0.3, -0.25) is 9.59 Å². The van der Waals surface area contributed by atoms with Crippen LogP contribution >= 0.6 is 0 Å². The molecule has 0 saturated heterocycles. The number of amides is 2. The van der Waals surface area contributed by atoms with Crippen molar-refractivity contribution < 1.29 is 9.59 Å². The summed E-state index contributed by atoms with van der Waals surface area (Å²) < 4.78 is 0. The van der Waals surface area contributed by atoms with E-state index in [1.807, 2.05) is 0 Å². The van der Waals surface area contributed by atoms with Crippen LogP contribution in [0.2, 0.25) is 0 Å². The SMILES string of the molecule is C=CC(=O)NCc1ccc(Cc2ccc(Cc3cc(-c4c(Cc5ccc(Cc6ccc(CNC(=O)C=C)cc6)cc5)ccc5cc(C)ccc45)c4ccc(C)cc4c3)cc2)cc1. The first kappa shape index (κ1) is 41.4. The van der Waals surface area contributed by atoms with Crippen molar-refractivity contribution in [3.05, 3.63) is 250 Å². The highest BCUT2D eigenvalue weighted by atomic mass is 16.2. The molecule has 4 heteroatoms. The van der Waals surface area contributed by atoms with E-state index in [1.165, 1.54) is 100 Å². The maximum Gasteiger partial charge on any atom is 0.243 e. The number of carbonyl (C=O) groups excluding carboxylic acids is 2.